The van der Waals surface area contributed by atoms with Gasteiger partial charge in [-0.3, -0.25) is 14.3 Å². The van der Waals surface area contributed by atoms with Gasteiger partial charge in [0.05, 0.1) is 24.1 Å². The highest BCUT2D eigenvalue weighted by molar-refractivity contribution is 7.98. The van der Waals surface area contributed by atoms with Crippen LogP contribution >= 0.6 is 23.4 Å². The molecule has 1 amide bonds. The second kappa shape index (κ2) is 9.63. The Bertz CT molecular complexity index is 1510. The van der Waals surface area contributed by atoms with Crippen molar-refractivity contribution in [3.8, 4) is 22.4 Å². The number of nitrogens with zero attached hydrogens (tertiary/aromatic N) is 6. The topological polar surface area (TPSA) is 103 Å². The number of hydrogen-bond donors (Lipinski definition) is 0. The summed E-state index contributed by atoms with van der Waals surface area (Å²) < 4.78 is 6.59. The molecule has 11 heteroatoms. The number of pyridine rings is 1. The molecule has 1 fully saturated rings. The number of aromatic nitrogens is 5. The molecule has 0 spiro atoms. The molecule has 9 nitrogen and oxygen atoms in total. The zero-order chi connectivity index (χ0) is 24.5. The van der Waals surface area contributed by atoms with E-state index in [4.69, 9.17) is 16.3 Å². The molecule has 4 aromatic rings. The molecule has 0 bridgehead atoms. The summed E-state index contributed by atoms with van der Waals surface area (Å²) in [5, 5.41) is 1.67. The van der Waals surface area contributed by atoms with Crippen molar-refractivity contribution in [3.05, 3.63) is 63.9 Å². The molecule has 1 aliphatic rings. The lowest BCUT2D eigenvalue weighted by Gasteiger charge is -2.17. The van der Waals surface area contributed by atoms with Gasteiger partial charge in [0.15, 0.2) is 5.16 Å². The number of hydrogen-bond acceptors (Lipinski definition) is 8. The molecular weight excluding hydrogens is 488 g/mol. The van der Waals surface area contributed by atoms with Crippen molar-refractivity contribution in [2.75, 3.05) is 26.0 Å². The van der Waals surface area contributed by atoms with E-state index in [1.54, 1.807) is 40.2 Å². The lowest BCUT2D eigenvalue weighted by atomic mass is 10.0. The third kappa shape index (κ3) is 4.59. The van der Waals surface area contributed by atoms with Crippen LogP contribution in [0.25, 0.3) is 33.4 Å². The van der Waals surface area contributed by atoms with Gasteiger partial charge >= 0.3 is 6.09 Å². The van der Waals surface area contributed by atoms with Crippen LogP contribution in [0.1, 0.15) is 5.69 Å². The van der Waals surface area contributed by atoms with Crippen LogP contribution < -0.4 is 5.56 Å². The van der Waals surface area contributed by atoms with E-state index in [9.17, 15) is 9.59 Å². The molecule has 5 rings (SSSR count). The number of halogens is 1. The van der Waals surface area contributed by atoms with Crippen molar-refractivity contribution in [1.29, 1.82) is 0 Å². The number of ether oxygens (including phenoxy) is 1. The number of aryl methyl sites for hydroxylation is 1. The molecule has 1 aromatic carbocycles. The van der Waals surface area contributed by atoms with Gasteiger partial charge in [-0.15, -0.1) is 0 Å². The van der Waals surface area contributed by atoms with Crippen molar-refractivity contribution in [1.82, 2.24) is 29.4 Å². The third-order valence-corrected chi connectivity index (χ3v) is 6.61. The molecule has 0 saturated carbocycles. The first-order valence-corrected chi connectivity index (χ1v) is 12.5. The SMILES string of the molecule is CSc1ncc2cc(-c3ccc(-c4cncc(C)n4)cc3Cl)c(=O)n(CCN3CCOC3=O)c2n1. The summed E-state index contributed by atoms with van der Waals surface area (Å²) >= 11 is 8.07. The largest absolute Gasteiger partial charge is 0.448 e. The molecular formula is C24H21ClN6O3S. The Morgan fingerprint density at radius 2 is 1.94 bits per heavy atom. The summed E-state index contributed by atoms with van der Waals surface area (Å²) in [5.41, 5.74) is 3.57. The van der Waals surface area contributed by atoms with E-state index < -0.39 is 0 Å². The zero-order valence-corrected chi connectivity index (χ0v) is 20.6. The van der Waals surface area contributed by atoms with Gasteiger partial charge in [-0.1, -0.05) is 35.5 Å². The first-order chi connectivity index (χ1) is 16.9. The number of benzene rings is 1. The Morgan fingerprint density at radius 1 is 1.09 bits per heavy atom. The Hall–Kier alpha value is -3.50. The standard InChI is InChI=1S/C24H21ClN6O3S/c1-14-11-26-13-20(28-14)15-3-4-17(19(25)10-15)18-9-16-12-27-23(35-2)29-21(16)31(22(18)32)6-5-30-7-8-34-24(30)33/h3-4,9-13H,5-8H2,1-2H3. The summed E-state index contributed by atoms with van der Waals surface area (Å²) in [7, 11) is 0. The monoisotopic (exact) mass is 508 g/mol. The lowest BCUT2D eigenvalue weighted by molar-refractivity contribution is 0.157. The number of rotatable bonds is 6. The van der Waals surface area contributed by atoms with Crippen LogP contribution in [-0.4, -0.2) is 61.4 Å². The summed E-state index contributed by atoms with van der Waals surface area (Å²) in [6, 6.07) is 7.22. The molecule has 35 heavy (non-hydrogen) atoms. The molecule has 3 aromatic heterocycles. The average molecular weight is 509 g/mol. The van der Waals surface area contributed by atoms with Crippen molar-refractivity contribution >= 4 is 40.5 Å². The van der Waals surface area contributed by atoms with Gasteiger partial charge in [0.2, 0.25) is 0 Å². The number of fused-ring (bicyclic) bond motifs is 1. The van der Waals surface area contributed by atoms with Gasteiger partial charge in [0.1, 0.15) is 12.3 Å². The molecule has 1 saturated heterocycles. The molecule has 0 unspecified atom stereocenters. The van der Waals surface area contributed by atoms with Gasteiger partial charge in [0.25, 0.3) is 5.56 Å². The minimum atomic E-state index is -0.379. The number of cyclic esters (lactones) is 1. The molecule has 4 heterocycles. The van der Waals surface area contributed by atoms with Crippen molar-refractivity contribution in [2.45, 2.75) is 18.6 Å². The normalized spacial score (nSPS) is 13.5. The third-order valence-electron chi connectivity index (χ3n) is 5.74. The maximum atomic E-state index is 13.7. The lowest BCUT2D eigenvalue weighted by Crippen LogP contribution is -2.32. The Labute approximate surface area is 210 Å². The van der Waals surface area contributed by atoms with Crippen molar-refractivity contribution in [2.24, 2.45) is 0 Å². The molecule has 0 N–H and O–H groups in total. The fourth-order valence-corrected chi connectivity index (χ4v) is 4.61. The molecule has 0 aliphatic carbocycles. The van der Waals surface area contributed by atoms with E-state index in [1.807, 2.05) is 25.3 Å². The number of carbonyl (C=O) groups is 1. The van der Waals surface area contributed by atoms with Gasteiger partial charge in [-0.05, 0) is 25.3 Å². The number of thioether (sulfide) groups is 1. The predicted octanol–water partition coefficient (Wildman–Crippen LogP) is 4.05. The van der Waals surface area contributed by atoms with E-state index in [0.717, 1.165) is 11.3 Å². The minimum absolute atomic E-state index is 0.249. The van der Waals surface area contributed by atoms with E-state index in [2.05, 4.69) is 19.9 Å². The van der Waals surface area contributed by atoms with Crippen molar-refractivity contribution < 1.29 is 9.53 Å². The second-order valence-electron chi connectivity index (χ2n) is 7.99. The summed E-state index contributed by atoms with van der Waals surface area (Å²) in [6.45, 7) is 3.30. The zero-order valence-electron chi connectivity index (χ0n) is 19.1. The van der Waals surface area contributed by atoms with E-state index in [0.29, 0.717) is 57.7 Å². The van der Waals surface area contributed by atoms with E-state index in [-0.39, 0.29) is 18.2 Å². The van der Waals surface area contributed by atoms with Crippen LogP contribution in [0.4, 0.5) is 4.79 Å². The van der Waals surface area contributed by atoms with Crippen LogP contribution in [-0.2, 0) is 11.3 Å². The van der Waals surface area contributed by atoms with E-state index in [1.165, 1.54) is 11.8 Å². The van der Waals surface area contributed by atoms with Crippen LogP contribution in [0.2, 0.25) is 5.02 Å². The van der Waals surface area contributed by atoms with Crippen LogP contribution in [0, 0.1) is 6.92 Å². The van der Waals surface area contributed by atoms with Crippen molar-refractivity contribution in [3.63, 3.8) is 0 Å². The quantitative estimate of drug-likeness (QED) is 0.284. The molecule has 0 atom stereocenters. The summed E-state index contributed by atoms with van der Waals surface area (Å²) in [5.74, 6) is 0. The molecule has 1 aliphatic heterocycles. The Kier molecular flexibility index (Phi) is 6.40. The fraction of sp³-hybridized carbons (Fsp3) is 0.250. The molecule has 178 valence electrons. The highest BCUT2D eigenvalue weighted by Crippen LogP contribution is 2.31. The second-order valence-corrected chi connectivity index (χ2v) is 9.17. The Morgan fingerprint density at radius 3 is 2.66 bits per heavy atom. The first kappa shape index (κ1) is 23.3. The van der Waals surface area contributed by atoms with Gasteiger partial charge < -0.3 is 9.64 Å². The smallest absolute Gasteiger partial charge is 0.410 e. The molecule has 0 radical (unpaired) electrons. The number of amides is 1. The average Bonchev–Trinajstić information content (AvgIpc) is 3.27. The fourth-order valence-electron chi connectivity index (χ4n) is 3.99. The maximum Gasteiger partial charge on any atom is 0.410 e. The highest BCUT2D eigenvalue weighted by atomic mass is 35.5. The first-order valence-electron chi connectivity index (χ1n) is 10.9. The van der Waals surface area contributed by atoms with E-state index >= 15 is 0 Å². The van der Waals surface area contributed by atoms with Crippen LogP contribution in [0.3, 0.4) is 0 Å². The highest BCUT2D eigenvalue weighted by Gasteiger charge is 2.23. The summed E-state index contributed by atoms with van der Waals surface area (Å²) in [4.78, 5) is 44.8. The van der Waals surface area contributed by atoms with Gasteiger partial charge in [-0.2, -0.15) is 0 Å². The maximum absolute atomic E-state index is 13.7. The minimum Gasteiger partial charge on any atom is -0.448 e. The van der Waals surface area contributed by atoms with Gasteiger partial charge in [-0.25, -0.2) is 19.7 Å². The summed E-state index contributed by atoms with van der Waals surface area (Å²) in [6.07, 6.45) is 6.55. The Balaban J connectivity index is 1.60. The van der Waals surface area contributed by atoms with Gasteiger partial charge in [0, 0.05) is 52.6 Å². The van der Waals surface area contributed by atoms with Crippen LogP contribution in [0.5, 0.6) is 0 Å². The van der Waals surface area contributed by atoms with Crippen LogP contribution in [0.15, 0.2) is 52.8 Å². The predicted molar refractivity (Wildman–Crippen MR) is 135 cm³/mol. The number of carbonyl (C=O) groups excluding carboxylic acids is 1.